The molecule has 1 atom stereocenters. The Hall–Kier alpha value is -3.25. The van der Waals surface area contributed by atoms with Crippen LogP contribution in [0.4, 0.5) is 5.69 Å². The Morgan fingerprint density at radius 3 is 2.29 bits per heavy atom. The molecule has 0 N–H and O–H groups in total. The number of hydrogen-bond acceptors (Lipinski definition) is 5. The van der Waals surface area contributed by atoms with E-state index in [1.807, 2.05) is 87.4 Å². The second kappa shape index (κ2) is 8.12. The third-order valence-electron chi connectivity index (χ3n) is 5.50. The van der Waals surface area contributed by atoms with Gasteiger partial charge in [0.25, 0.3) is 5.56 Å². The van der Waals surface area contributed by atoms with Crippen molar-refractivity contribution < 1.29 is 4.79 Å². The highest BCUT2D eigenvalue weighted by Crippen LogP contribution is 2.31. The highest BCUT2D eigenvalue weighted by atomic mass is 32.1. The number of hydrogen-bond donors (Lipinski definition) is 0. The molecule has 4 rings (SSSR count). The van der Waals surface area contributed by atoms with Crippen molar-refractivity contribution in [3.05, 3.63) is 96.2 Å². The number of Topliss-reactive ketones (excluding diaryl/α,β-unsaturated/α-hetero) is 1. The van der Waals surface area contributed by atoms with Crippen LogP contribution >= 0.6 is 11.3 Å². The highest BCUT2D eigenvalue weighted by Gasteiger charge is 2.30. The van der Waals surface area contributed by atoms with E-state index in [0.29, 0.717) is 20.6 Å². The van der Waals surface area contributed by atoms with Gasteiger partial charge >= 0.3 is 0 Å². The van der Waals surface area contributed by atoms with Gasteiger partial charge in [0.2, 0.25) is 0 Å². The maximum Gasteiger partial charge on any atom is 0.271 e. The summed E-state index contributed by atoms with van der Waals surface area (Å²) in [5.74, 6) is -0.0734. The van der Waals surface area contributed by atoms with Crippen molar-refractivity contribution in [1.82, 2.24) is 4.57 Å². The third kappa shape index (κ3) is 3.91. The number of benzene rings is 2. The van der Waals surface area contributed by atoms with Crippen molar-refractivity contribution in [2.45, 2.75) is 26.8 Å². The standard InChI is InChI=1S/C25H25N3O2S/c1-15-6-8-18(9-7-15)14-21-24(30)28-23(19-10-12-20(13-11-19)27(4)5)22(17(3)29)16(2)26-25(28)31-21/h6-14,23H,1-5H3/b21-14+/t23-/m1/s1. The zero-order valence-corrected chi connectivity index (χ0v) is 19.2. The molecule has 0 unspecified atom stereocenters. The van der Waals surface area contributed by atoms with Crippen molar-refractivity contribution in [1.29, 1.82) is 0 Å². The van der Waals surface area contributed by atoms with Gasteiger partial charge in [-0.05, 0) is 50.1 Å². The Morgan fingerprint density at radius 1 is 1.06 bits per heavy atom. The fourth-order valence-corrected chi connectivity index (χ4v) is 4.90. The molecule has 0 radical (unpaired) electrons. The number of allylic oxidation sites excluding steroid dienone is 2. The number of fused-ring (bicyclic) bond motifs is 1. The Morgan fingerprint density at radius 2 is 1.71 bits per heavy atom. The first-order valence-corrected chi connectivity index (χ1v) is 11.0. The minimum atomic E-state index is -0.481. The van der Waals surface area contributed by atoms with Crippen LogP contribution < -0.4 is 19.8 Å². The normalized spacial score (nSPS) is 16.2. The summed E-state index contributed by atoms with van der Waals surface area (Å²) in [5.41, 5.74) is 5.18. The third-order valence-corrected chi connectivity index (χ3v) is 6.48. The second-order valence-corrected chi connectivity index (χ2v) is 9.04. The topological polar surface area (TPSA) is 54.7 Å². The van der Waals surface area contributed by atoms with E-state index in [1.54, 1.807) is 4.57 Å². The van der Waals surface area contributed by atoms with Crippen molar-refractivity contribution >= 4 is 28.9 Å². The number of carbonyl (C=O) groups is 1. The molecule has 6 heteroatoms. The summed E-state index contributed by atoms with van der Waals surface area (Å²) in [7, 11) is 3.96. The predicted molar refractivity (Wildman–Crippen MR) is 126 cm³/mol. The van der Waals surface area contributed by atoms with Crippen LogP contribution in [-0.2, 0) is 4.79 Å². The van der Waals surface area contributed by atoms with Crippen LogP contribution in [0.1, 0.15) is 36.6 Å². The fraction of sp³-hybridized carbons (Fsp3) is 0.240. The van der Waals surface area contributed by atoms with Crippen molar-refractivity contribution in [3.8, 4) is 0 Å². The molecule has 2 aromatic carbocycles. The first kappa shape index (κ1) is 21.0. The summed E-state index contributed by atoms with van der Waals surface area (Å²) in [6.07, 6.45) is 1.89. The molecule has 1 aliphatic rings. The lowest BCUT2D eigenvalue weighted by molar-refractivity contribution is -0.114. The van der Waals surface area contributed by atoms with Crippen molar-refractivity contribution in [2.75, 3.05) is 19.0 Å². The van der Waals surface area contributed by atoms with Gasteiger partial charge in [0.15, 0.2) is 10.6 Å². The summed E-state index contributed by atoms with van der Waals surface area (Å²) in [5, 5.41) is 0. The van der Waals surface area contributed by atoms with E-state index in [4.69, 9.17) is 0 Å². The van der Waals surface area contributed by atoms with Crippen LogP contribution in [0, 0.1) is 6.92 Å². The smallest absolute Gasteiger partial charge is 0.271 e. The van der Waals surface area contributed by atoms with Gasteiger partial charge in [-0.3, -0.25) is 14.2 Å². The summed E-state index contributed by atoms with van der Waals surface area (Å²) < 4.78 is 2.27. The molecule has 1 aliphatic heterocycles. The average molecular weight is 432 g/mol. The molecule has 0 spiro atoms. The molecule has 0 saturated carbocycles. The number of rotatable bonds is 4. The summed E-state index contributed by atoms with van der Waals surface area (Å²) in [4.78, 5) is 33.3. The quantitative estimate of drug-likeness (QED) is 0.638. The molecule has 5 nitrogen and oxygen atoms in total. The largest absolute Gasteiger partial charge is 0.378 e. The molecular weight excluding hydrogens is 406 g/mol. The molecule has 31 heavy (non-hydrogen) atoms. The molecule has 0 saturated heterocycles. The first-order chi connectivity index (χ1) is 14.8. The Balaban J connectivity index is 1.93. The van der Waals surface area contributed by atoms with Gasteiger partial charge in [0.05, 0.1) is 10.6 Å². The maximum absolute atomic E-state index is 13.5. The molecule has 1 aromatic heterocycles. The van der Waals surface area contributed by atoms with Gasteiger partial charge in [0, 0.05) is 31.1 Å². The number of aromatic nitrogens is 1. The monoisotopic (exact) mass is 431 g/mol. The lowest BCUT2D eigenvalue weighted by Crippen LogP contribution is -2.39. The summed E-state index contributed by atoms with van der Waals surface area (Å²) in [6.45, 7) is 5.41. The van der Waals surface area contributed by atoms with E-state index in [2.05, 4.69) is 4.99 Å². The SMILES string of the molecule is CC(=O)C1=C(C)N=c2s/c(=C/c3ccc(C)cc3)c(=O)n2[C@@H]1c1ccc(N(C)C)cc1. The number of aryl methyl sites for hydroxylation is 1. The predicted octanol–water partition coefficient (Wildman–Crippen LogP) is 3.20. The zero-order valence-electron chi connectivity index (χ0n) is 18.3. The lowest BCUT2D eigenvalue weighted by atomic mass is 9.93. The highest BCUT2D eigenvalue weighted by molar-refractivity contribution is 7.07. The first-order valence-electron chi connectivity index (χ1n) is 10.1. The fourth-order valence-electron chi connectivity index (χ4n) is 3.85. The molecular formula is C25H25N3O2S. The number of carbonyl (C=O) groups excluding carboxylic acids is 1. The van der Waals surface area contributed by atoms with Crippen LogP contribution in [0.15, 0.2) is 69.6 Å². The Bertz CT molecular complexity index is 1360. The van der Waals surface area contributed by atoms with Gasteiger partial charge in [-0.1, -0.05) is 53.3 Å². The zero-order chi connectivity index (χ0) is 22.3. The van der Waals surface area contributed by atoms with E-state index >= 15 is 0 Å². The van der Waals surface area contributed by atoms with Gasteiger partial charge in [0.1, 0.15) is 0 Å². The van der Waals surface area contributed by atoms with Crippen LogP contribution in [0.2, 0.25) is 0 Å². The van der Waals surface area contributed by atoms with E-state index in [-0.39, 0.29) is 11.3 Å². The van der Waals surface area contributed by atoms with Crippen LogP contribution in [0.5, 0.6) is 0 Å². The van der Waals surface area contributed by atoms with Gasteiger partial charge in [-0.2, -0.15) is 0 Å². The number of anilines is 1. The molecule has 0 amide bonds. The Kier molecular flexibility index (Phi) is 5.50. The minimum Gasteiger partial charge on any atom is -0.378 e. The van der Waals surface area contributed by atoms with Crippen LogP contribution in [0.3, 0.4) is 0 Å². The number of nitrogens with zero attached hydrogens (tertiary/aromatic N) is 3. The summed E-state index contributed by atoms with van der Waals surface area (Å²) in [6, 6.07) is 15.5. The Labute approximate surface area is 185 Å². The van der Waals surface area contributed by atoms with Gasteiger partial charge in [-0.25, -0.2) is 4.99 Å². The molecule has 0 aliphatic carbocycles. The van der Waals surface area contributed by atoms with Gasteiger partial charge < -0.3 is 4.90 Å². The van der Waals surface area contributed by atoms with Crippen LogP contribution in [0.25, 0.3) is 6.08 Å². The van der Waals surface area contributed by atoms with E-state index in [0.717, 1.165) is 16.8 Å². The minimum absolute atomic E-state index is 0.0734. The van der Waals surface area contributed by atoms with E-state index in [9.17, 15) is 9.59 Å². The van der Waals surface area contributed by atoms with Crippen LogP contribution in [-0.4, -0.2) is 24.4 Å². The van der Waals surface area contributed by atoms with Crippen molar-refractivity contribution in [2.24, 2.45) is 4.99 Å². The van der Waals surface area contributed by atoms with Gasteiger partial charge in [-0.15, -0.1) is 0 Å². The maximum atomic E-state index is 13.5. The number of thiazole rings is 1. The molecule has 0 fully saturated rings. The average Bonchev–Trinajstić information content (AvgIpc) is 3.03. The molecule has 3 aromatic rings. The summed E-state index contributed by atoms with van der Waals surface area (Å²) >= 11 is 1.36. The number of ketones is 1. The van der Waals surface area contributed by atoms with Crippen molar-refractivity contribution in [3.63, 3.8) is 0 Å². The lowest BCUT2D eigenvalue weighted by Gasteiger charge is -2.25. The van der Waals surface area contributed by atoms with E-state index in [1.165, 1.54) is 23.8 Å². The molecule has 158 valence electrons. The molecule has 2 heterocycles. The second-order valence-electron chi connectivity index (χ2n) is 8.03. The molecule has 0 bridgehead atoms. The van der Waals surface area contributed by atoms with E-state index < -0.39 is 6.04 Å².